The fourth-order valence-electron chi connectivity index (χ4n) is 6.41. The van der Waals surface area contributed by atoms with Crippen molar-refractivity contribution in [2.75, 3.05) is 47.5 Å². The van der Waals surface area contributed by atoms with Crippen LogP contribution in [0.15, 0.2) is 24.5 Å². The second-order valence-electron chi connectivity index (χ2n) is 16.8. The number of hydrogen-bond acceptors (Lipinski definition) is 7. The number of esters is 1. The van der Waals surface area contributed by atoms with Gasteiger partial charge in [-0.15, -0.1) is 0 Å². The van der Waals surface area contributed by atoms with E-state index in [0.29, 0.717) is 17.4 Å². The number of unbranched alkanes of at least 4 members (excludes halogenated alkanes) is 27. The quantitative estimate of drug-likeness (QED) is 0.0151. The van der Waals surface area contributed by atoms with Crippen LogP contribution in [0.3, 0.4) is 0 Å². The second-order valence-corrected chi connectivity index (χ2v) is 18.2. The minimum atomic E-state index is -4.51. The third-order valence-corrected chi connectivity index (χ3v) is 11.1. The van der Waals surface area contributed by atoms with Gasteiger partial charge in [0.2, 0.25) is 0 Å². The number of carbonyl (C=O) groups is 1. The molecule has 0 aliphatic carbocycles. The Kier molecular flexibility index (Phi) is 38.8. The zero-order chi connectivity index (χ0) is 40.6. The lowest BCUT2D eigenvalue weighted by molar-refractivity contribution is -0.870. The minimum Gasteiger partial charge on any atom is -0.756 e. The number of likely N-dealkylation sites (N-methyl/N-ethyl adjacent to an activating group) is 1. The molecule has 0 saturated carbocycles. The number of rotatable bonds is 43. The van der Waals surface area contributed by atoms with Crippen molar-refractivity contribution < 1.29 is 37.3 Å². The summed E-state index contributed by atoms with van der Waals surface area (Å²) in [5, 5.41) is 0. The smallest absolute Gasteiger partial charge is 0.305 e. The first kappa shape index (κ1) is 53.8. The molecule has 0 N–H and O–H groups in total. The Morgan fingerprint density at radius 1 is 0.564 bits per heavy atom. The van der Waals surface area contributed by atoms with Crippen molar-refractivity contribution in [2.24, 2.45) is 0 Å². The van der Waals surface area contributed by atoms with Crippen LogP contribution in [0.4, 0.5) is 0 Å². The van der Waals surface area contributed by atoms with Gasteiger partial charge in [-0.1, -0.05) is 174 Å². The van der Waals surface area contributed by atoms with Gasteiger partial charge in [-0.3, -0.25) is 9.36 Å². The number of carbonyl (C=O) groups excluding carboxylic acids is 1. The predicted octanol–water partition coefficient (Wildman–Crippen LogP) is 13.3. The van der Waals surface area contributed by atoms with Crippen LogP contribution in [0, 0.1) is 0 Å². The van der Waals surface area contributed by atoms with Crippen molar-refractivity contribution in [1.29, 1.82) is 0 Å². The lowest BCUT2D eigenvalue weighted by Gasteiger charge is -2.28. The summed E-state index contributed by atoms with van der Waals surface area (Å²) in [6.07, 6.45) is 45.8. The fourth-order valence-corrected chi connectivity index (χ4v) is 7.14. The van der Waals surface area contributed by atoms with Crippen molar-refractivity contribution >= 4 is 13.8 Å². The molecule has 0 heterocycles. The monoisotopic (exact) mass is 800 g/mol. The molecule has 55 heavy (non-hydrogen) atoms. The Labute approximate surface area is 341 Å². The van der Waals surface area contributed by atoms with Gasteiger partial charge >= 0.3 is 5.97 Å². The summed E-state index contributed by atoms with van der Waals surface area (Å²) in [6.45, 7) is 4.73. The molecule has 0 saturated heterocycles. The standard InChI is InChI=1S/C46H90NO7P/c1-6-8-10-12-14-16-18-20-22-23-24-25-26-27-29-31-33-35-37-39-46(48)52-43-45(44-54-55(49,50)53-42-40-47(3,4)5)51-41-38-36-34-32-30-28-21-19-17-15-13-11-9-7-2/h20,22,38,41,45H,6-19,21,23-37,39-40,42-44H2,1-5H3/b22-20-,41-38-. The van der Waals surface area contributed by atoms with Gasteiger partial charge in [-0.05, 0) is 51.0 Å². The molecule has 0 aromatic rings. The lowest BCUT2D eigenvalue weighted by atomic mass is 10.0. The SMILES string of the molecule is CCCCCCCC/C=C\CCCCCCCCCCCC(=O)OCC(COP(=O)([O-])OCC[N+](C)(C)C)O/C=C\CCCCCCCCCCCCCC. The molecule has 0 spiro atoms. The minimum absolute atomic E-state index is 0.0288. The van der Waals surface area contributed by atoms with Crippen LogP contribution in [0.25, 0.3) is 0 Å². The van der Waals surface area contributed by atoms with Gasteiger partial charge in [0.1, 0.15) is 19.8 Å². The van der Waals surface area contributed by atoms with E-state index in [2.05, 4.69) is 26.0 Å². The van der Waals surface area contributed by atoms with Crippen LogP contribution in [-0.2, 0) is 27.9 Å². The molecule has 0 bridgehead atoms. The average molecular weight is 800 g/mol. The molecule has 2 unspecified atom stereocenters. The molecule has 0 aromatic heterocycles. The van der Waals surface area contributed by atoms with Crippen molar-refractivity contribution in [3.05, 3.63) is 24.5 Å². The van der Waals surface area contributed by atoms with Crippen molar-refractivity contribution in [3.63, 3.8) is 0 Å². The topological polar surface area (TPSA) is 94.1 Å². The first-order valence-corrected chi connectivity index (χ1v) is 24.6. The van der Waals surface area contributed by atoms with E-state index in [0.717, 1.165) is 32.1 Å². The van der Waals surface area contributed by atoms with Gasteiger partial charge in [0, 0.05) is 6.42 Å². The zero-order valence-electron chi connectivity index (χ0n) is 36.9. The maximum atomic E-state index is 12.5. The van der Waals surface area contributed by atoms with Crippen LogP contribution in [0.5, 0.6) is 0 Å². The Bertz CT molecular complexity index is 936. The average Bonchev–Trinajstić information content (AvgIpc) is 3.14. The lowest BCUT2D eigenvalue weighted by Crippen LogP contribution is -2.37. The number of phosphoric acid groups is 1. The summed E-state index contributed by atoms with van der Waals surface area (Å²) in [5.41, 5.74) is 0. The molecule has 0 aliphatic heterocycles. The molecule has 326 valence electrons. The van der Waals surface area contributed by atoms with Crippen LogP contribution in [0.1, 0.15) is 213 Å². The van der Waals surface area contributed by atoms with Gasteiger partial charge < -0.3 is 27.9 Å². The highest BCUT2D eigenvalue weighted by Crippen LogP contribution is 2.38. The number of hydrogen-bond donors (Lipinski definition) is 0. The summed E-state index contributed by atoms with van der Waals surface area (Å²) >= 11 is 0. The number of quaternary nitrogens is 1. The predicted molar refractivity (Wildman–Crippen MR) is 231 cm³/mol. The second kappa shape index (κ2) is 39.6. The molecule has 0 radical (unpaired) electrons. The Hall–Kier alpha value is -1.18. The summed E-state index contributed by atoms with van der Waals surface area (Å²) in [6, 6.07) is 0. The van der Waals surface area contributed by atoms with E-state index in [1.54, 1.807) is 6.26 Å². The maximum absolute atomic E-state index is 12.5. The third-order valence-electron chi connectivity index (χ3n) is 10.1. The van der Waals surface area contributed by atoms with Crippen LogP contribution in [-0.4, -0.2) is 64.1 Å². The normalized spacial score (nSPS) is 13.9. The summed E-state index contributed by atoms with van der Waals surface area (Å²) in [4.78, 5) is 24.9. The van der Waals surface area contributed by atoms with Gasteiger partial charge in [-0.25, -0.2) is 0 Å². The number of phosphoric ester groups is 1. The molecular formula is C46H90NO7P. The zero-order valence-corrected chi connectivity index (χ0v) is 37.8. The Morgan fingerprint density at radius 3 is 1.40 bits per heavy atom. The van der Waals surface area contributed by atoms with E-state index >= 15 is 0 Å². The van der Waals surface area contributed by atoms with Gasteiger partial charge in [-0.2, -0.15) is 0 Å². The largest absolute Gasteiger partial charge is 0.756 e. The van der Waals surface area contributed by atoms with E-state index in [-0.39, 0.29) is 25.8 Å². The summed E-state index contributed by atoms with van der Waals surface area (Å²) in [7, 11) is 1.37. The molecule has 0 fully saturated rings. The van der Waals surface area contributed by atoms with E-state index in [1.165, 1.54) is 161 Å². The molecule has 0 amide bonds. The van der Waals surface area contributed by atoms with Gasteiger partial charge in [0.15, 0.2) is 6.10 Å². The first-order chi connectivity index (χ1) is 26.6. The van der Waals surface area contributed by atoms with E-state index < -0.39 is 13.9 Å². The van der Waals surface area contributed by atoms with E-state index in [9.17, 15) is 14.3 Å². The Morgan fingerprint density at radius 2 is 0.964 bits per heavy atom. The highest BCUT2D eigenvalue weighted by atomic mass is 31.2. The summed E-state index contributed by atoms with van der Waals surface area (Å²) in [5.74, 6) is -0.292. The molecule has 2 atom stereocenters. The van der Waals surface area contributed by atoms with E-state index in [1.807, 2.05) is 27.2 Å². The van der Waals surface area contributed by atoms with Crippen molar-refractivity contribution in [3.8, 4) is 0 Å². The number of allylic oxidation sites excluding steroid dienone is 3. The van der Waals surface area contributed by atoms with Crippen LogP contribution < -0.4 is 4.89 Å². The molecular weight excluding hydrogens is 709 g/mol. The first-order valence-electron chi connectivity index (χ1n) is 23.1. The van der Waals surface area contributed by atoms with Crippen LogP contribution in [0.2, 0.25) is 0 Å². The number of ether oxygens (including phenoxy) is 2. The van der Waals surface area contributed by atoms with Crippen molar-refractivity contribution in [2.45, 2.75) is 219 Å². The van der Waals surface area contributed by atoms with Crippen molar-refractivity contribution in [1.82, 2.24) is 0 Å². The summed E-state index contributed by atoms with van der Waals surface area (Å²) < 4.78 is 34.4. The maximum Gasteiger partial charge on any atom is 0.305 e. The van der Waals surface area contributed by atoms with Gasteiger partial charge in [0.05, 0.1) is 34.0 Å². The molecule has 9 heteroatoms. The molecule has 0 aliphatic rings. The number of nitrogens with zero attached hydrogens (tertiary/aromatic N) is 1. The fraction of sp³-hybridized carbons (Fsp3) is 0.891. The molecule has 8 nitrogen and oxygen atoms in total. The highest BCUT2D eigenvalue weighted by Gasteiger charge is 2.19. The van der Waals surface area contributed by atoms with Crippen LogP contribution >= 0.6 is 7.82 Å². The highest BCUT2D eigenvalue weighted by molar-refractivity contribution is 7.45. The Balaban J connectivity index is 4.20. The molecule has 0 aromatic carbocycles. The molecule has 0 rings (SSSR count). The van der Waals surface area contributed by atoms with E-state index in [4.69, 9.17) is 18.5 Å². The van der Waals surface area contributed by atoms with Gasteiger partial charge in [0.25, 0.3) is 7.82 Å². The third kappa shape index (κ3) is 43.8.